The van der Waals surface area contributed by atoms with Gasteiger partial charge in [-0.15, -0.1) is 10.2 Å². The number of thioether (sulfide) groups is 1. The molecule has 0 spiro atoms. The molecule has 0 aliphatic carbocycles. The molecule has 5 nitrogen and oxygen atoms in total. The van der Waals surface area contributed by atoms with Gasteiger partial charge in [0.05, 0.1) is 6.20 Å². The van der Waals surface area contributed by atoms with Crippen molar-refractivity contribution in [2.75, 3.05) is 0 Å². The van der Waals surface area contributed by atoms with Crippen LogP contribution in [-0.4, -0.2) is 30.0 Å². The Balaban J connectivity index is 2.08. The standard InChI is InChI=1S/C9H9N5S/c1-6-5-14-8(12-13-9(14)15-6)7-4-10-2-3-11-7/h2-4,6H,5H2,1H3. The zero-order chi connectivity index (χ0) is 10.3. The lowest BCUT2D eigenvalue weighted by Crippen LogP contribution is -2.03. The molecule has 0 amide bonds. The summed E-state index contributed by atoms with van der Waals surface area (Å²) in [6, 6.07) is 0. The van der Waals surface area contributed by atoms with Gasteiger partial charge in [0, 0.05) is 24.2 Å². The SMILES string of the molecule is CC1Cn2c(nnc2-c2cnccn2)S1. The first-order chi connectivity index (χ1) is 7.34. The Bertz CT molecular complexity index is 481. The second kappa shape index (κ2) is 3.30. The van der Waals surface area contributed by atoms with Gasteiger partial charge < -0.3 is 0 Å². The summed E-state index contributed by atoms with van der Waals surface area (Å²) in [7, 11) is 0. The molecule has 0 aromatic carbocycles. The third-order valence-electron chi connectivity index (χ3n) is 2.26. The van der Waals surface area contributed by atoms with E-state index < -0.39 is 0 Å². The molecule has 1 unspecified atom stereocenters. The quantitative estimate of drug-likeness (QED) is 0.722. The molecule has 0 saturated heterocycles. The lowest BCUT2D eigenvalue weighted by molar-refractivity contribution is 0.673. The minimum absolute atomic E-state index is 0.561. The van der Waals surface area contributed by atoms with Crippen molar-refractivity contribution in [2.45, 2.75) is 23.9 Å². The normalized spacial score (nSPS) is 19.1. The third-order valence-corrected chi connectivity index (χ3v) is 3.32. The van der Waals surface area contributed by atoms with E-state index in [4.69, 9.17) is 0 Å². The second-order valence-corrected chi connectivity index (χ2v) is 4.84. The van der Waals surface area contributed by atoms with E-state index in [9.17, 15) is 0 Å². The van der Waals surface area contributed by atoms with E-state index in [1.165, 1.54) is 0 Å². The van der Waals surface area contributed by atoms with Crippen LogP contribution < -0.4 is 0 Å². The predicted molar refractivity (Wildman–Crippen MR) is 56.4 cm³/mol. The van der Waals surface area contributed by atoms with Gasteiger partial charge in [-0.25, -0.2) is 4.98 Å². The molecule has 1 atom stereocenters. The Morgan fingerprint density at radius 2 is 2.33 bits per heavy atom. The van der Waals surface area contributed by atoms with Crippen molar-refractivity contribution in [2.24, 2.45) is 0 Å². The molecular formula is C9H9N5S. The van der Waals surface area contributed by atoms with Crippen LogP contribution in [0.4, 0.5) is 0 Å². The fourth-order valence-corrected chi connectivity index (χ4v) is 2.58. The van der Waals surface area contributed by atoms with Gasteiger partial charge in [-0.3, -0.25) is 9.55 Å². The Morgan fingerprint density at radius 3 is 3.13 bits per heavy atom. The highest BCUT2D eigenvalue weighted by molar-refractivity contribution is 7.99. The number of fused-ring (bicyclic) bond motifs is 1. The van der Waals surface area contributed by atoms with Gasteiger partial charge in [-0.1, -0.05) is 18.7 Å². The van der Waals surface area contributed by atoms with Crippen molar-refractivity contribution >= 4 is 11.8 Å². The summed E-state index contributed by atoms with van der Waals surface area (Å²) >= 11 is 1.75. The maximum atomic E-state index is 4.23. The van der Waals surface area contributed by atoms with E-state index in [2.05, 4.69) is 31.7 Å². The number of aromatic nitrogens is 5. The van der Waals surface area contributed by atoms with Crippen LogP contribution in [0.3, 0.4) is 0 Å². The van der Waals surface area contributed by atoms with Gasteiger partial charge in [-0.05, 0) is 0 Å². The Kier molecular flexibility index (Phi) is 1.95. The summed E-state index contributed by atoms with van der Waals surface area (Å²) in [5, 5.41) is 9.80. The molecule has 15 heavy (non-hydrogen) atoms. The van der Waals surface area contributed by atoms with Crippen LogP contribution in [0.5, 0.6) is 0 Å². The van der Waals surface area contributed by atoms with Crippen LogP contribution in [0.15, 0.2) is 23.7 Å². The van der Waals surface area contributed by atoms with Gasteiger partial charge in [0.1, 0.15) is 5.69 Å². The molecule has 1 aliphatic rings. The number of nitrogens with zero attached hydrogens (tertiary/aromatic N) is 5. The minimum atomic E-state index is 0.561. The molecule has 1 aliphatic heterocycles. The summed E-state index contributed by atoms with van der Waals surface area (Å²) < 4.78 is 2.10. The van der Waals surface area contributed by atoms with E-state index in [0.29, 0.717) is 5.25 Å². The van der Waals surface area contributed by atoms with E-state index >= 15 is 0 Å². The van der Waals surface area contributed by atoms with Crippen molar-refractivity contribution in [1.82, 2.24) is 24.7 Å². The molecule has 6 heteroatoms. The monoisotopic (exact) mass is 219 g/mol. The minimum Gasteiger partial charge on any atom is -0.300 e. The van der Waals surface area contributed by atoms with Crippen molar-refractivity contribution in [3.63, 3.8) is 0 Å². The smallest absolute Gasteiger partial charge is 0.191 e. The molecule has 3 rings (SSSR count). The van der Waals surface area contributed by atoms with Crippen molar-refractivity contribution in [3.05, 3.63) is 18.6 Å². The van der Waals surface area contributed by atoms with Crippen molar-refractivity contribution in [1.29, 1.82) is 0 Å². The second-order valence-electron chi connectivity index (χ2n) is 3.44. The summed E-state index contributed by atoms with van der Waals surface area (Å²) in [5.74, 6) is 0.815. The lowest BCUT2D eigenvalue weighted by atomic mass is 10.4. The van der Waals surface area contributed by atoms with Gasteiger partial charge >= 0.3 is 0 Å². The molecule has 0 radical (unpaired) electrons. The average molecular weight is 219 g/mol. The fourth-order valence-electron chi connectivity index (χ4n) is 1.62. The van der Waals surface area contributed by atoms with Crippen LogP contribution in [-0.2, 0) is 6.54 Å². The van der Waals surface area contributed by atoms with Gasteiger partial charge in [-0.2, -0.15) is 0 Å². The third kappa shape index (κ3) is 1.41. The largest absolute Gasteiger partial charge is 0.300 e. The highest BCUT2D eigenvalue weighted by Gasteiger charge is 2.24. The summed E-state index contributed by atoms with van der Waals surface area (Å²) in [6.07, 6.45) is 5.04. The van der Waals surface area contributed by atoms with Gasteiger partial charge in [0.2, 0.25) is 0 Å². The molecule has 0 bridgehead atoms. The Hall–Kier alpha value is -1.43. The Morgan fingerprint density at radius 1 is 1.40 bits per heavy atom. The van der Waals surface area contributed by atoms with E-state index in [1.807, 2.05) is 0 Å². The lowest BCUT2D eigenvalue weighted by Gasteiger charge is -2.01. The summed E-state index contributed by atoms with van der Waals surface area (Å²) in [6.45, 7) is 3.12. The molecule has 3 heterocycles. The van der Waals surface area contributed by atoms with E-state index in [0.717, 1.165) is 23.2 Å². The first-order valence-corrected chi connectivity index (χ1v) is 5.59. The summed E-state index contributed by atoms with van der Waals surface area (Å²) in [4.78, 5) is 8.26. The first-order valence-electron chi connectivity index (χ1n) is 4.71. The van der Waals surface area contributed by atoms with Crippen LogP contribution in [0.1, 0.15) is 6.92 Å². The number of hydrogen-bond donors (Lipinski definition) is 0. The highest BCUT2D eigenvalue weighted by atomic mass is 32.2. The van der Waals surface area contributed by atoms with E-state index in [1.54, 1.807) is 30.4 Å². The van der Waals surface area contributed by atoms with Gasteiger partial charge in [0.15, 0.2) is 11.0 Å². The molecule has 0 saturated carbocycles. The molecular weight excluding hydrogens is 210 g/mol. The summed E-state index contributed by atoms with van der Waals surface area (Å²) in [5.41, 5.74) is 0.783. The van der Waals surface area contributed by atoms with Gasteiger partial charge in [0.25, 0.3) is 0 Å². The molecule has 0 fully saturated rings. The van der Waals surface area contributed by atoms with Crippen LogP contribution in [0, 0.1) is 0 Å². The highest BCUT2D eigenvalue weighted by Crippen LogP contribution is 2.33. The zero-order valence-corrected chi connectivity index (χ0v) is 8.98. The topological polar surface area (TPSA) is 56.5 Å². The van der Waals surface area contributed by atoms with Crippen molar-refractivity contribution in [3.8, 4) is 11.5 Å². The average Bonchev–Trinajstić information content (AvgIpc) is 2.77. The van der Waals surface area contributed by atoms with Crippen LogP contribution >= 0.6 is 11.8 Å². The first kappa shape index (κ1) is 8.84. The predicted octanol–water partition coefficient (Wildman–Crippen LogP) is 1.23. The van der Waals surface area contributed by atoms with Crippen molar-refractivity contribution < 1.29 is 0 Å². The number of hydrogen-bond acceptors (Lipinski definition) is 5. The Labute approximate surface area is 91.0 Å². The fraction of sp³-hybridized carbons (Fsp3) is 0.333. The van der Waals surface area contributed by atoms with Crippen LogP contribution in [0.2, 0.25) is 0 Å². The maximum Gasteiger partial charge on any atom is 0.191 e. The van der Waals surface area contributed by atoms with Crippen LogP contribution in [0.25, 0.3) is 11.5 Å². The van der Waals surface area contributed by atoms with E-state index in [-0.39, 0.29) is 0 Å². The molecule has 76 valence electrons. The molecule has 2 aromatic heterocycles. The molecule has 2 aromatic rings. The number of rotatable bonds is 1. The molecule has 0 N–H and O–H groups in total. The maximum absolute atomic E-state index is 4.23. The zero-order valence-electron chi connectivity index (χ0n) is 8.16.